The van der Waals surface area contributed by atoms with Crippen LogP contribution in [-0.2, 0) is 0 Å². The standard InChI is InChI=1S/C5H8N4S2/c6-4(7)1-2-10-5-9-8-3-11-5/h3H,1-2H2,(H3,6,7). The summed E-state index contributed by atoms with van der Waals surface area (Å²) >= 11 is 3.08. The zero-order valence-electron chi connectivity index (χ0n) is 5.78. The molecule has 1 rings (SSSR count). The first-order valence-electron chi connectivity index (χ1n) is 3.01. The number of nitrogens with one attached hydrogen (secondary N) is 1. The van der Waals surface area contributed by atoms with Gasteiger partial charge in [-0.25, -0.2) is 0 Å². The van der Waals surface area contributed by atoms with Crippen LogP contribution in [-0.4, -0.2) is 21.8 Å². The Morgan fingerprint density at radius 2 is 2.64 bits per heavy atom. The lowest BCUT2D eigenvalue weighted by Gasteiger charge is -1.93. The van der Waals surface area contributed by atoms with Crippen LogP contribution in [0.15, 0.2) is 9.85 Å². The van der Waals surface area contributed by atoms with E-state index in [-0.39, 0.29) is 5.84 Å². The van der Waals surface area contributed by atoms with E-state index in [2.05, 4.69) is 10.2 Å². The first-order chi connectivity index (χ1) is 5.29. The summed E-state index contributed by atoms with van der Waals surface area (Å²) in [6, 6.07) is 0. The zero-order valence-corrected chi connectivity index (χ0v) is 7.41. The highest BCUT2D eigenvalue weighted by molar-refractivity contribution is 8.01. The number of amidine groups is 1. The Bertz CT molecular complexity index is 220. The molecule has 0 aliphatic carbocycles. The molecule has 0 saturated carbocycles. The lowest BCUT2D eigenvalue weighted by Crippen LogP contribution is -2.09. The van der Waals surface area contributed by atoms with Crippen LogP contribution in [0.2, 0.25) is 0 Å². The van der Waals surface area contributed by atoms with E-state index in [4.69, 9.17) is 11.1 Å². The second-order valence-electron chi connectivity index (χ2n) is 1.83. The van der Waals surface area contributed by atoms with Gasteiger partial charge >= 0.3 is 0 Å². The lowest BCUT2D eigenvalue weighted by molar-refractivity contribution is 1.01. The number of rotatable bonds is 4. The first-order valence-corrected chi connectivity index (χ1v) is 4.87. The molecule has 0 aliphatic rings. The molecule has 0 bridgehead atoms. The minimum Gasteiger partial charge on any atom is -0.388 e. The van der Waals surface area contributed by atoms with Crippen LogP contribution in [0, 0.1) is 5.41 Å². The molecule has 0 saturated heterocycles. The van der Waals surface area contributed by atoms with Crippen LogP contribution < -0.4 is 5.73 Å². The summed E-state index contributed by atoms with van der Waals surface area (Å²) in [6.07, 6.45) is 0.615. The average molecular weight is 188 g/mol. The number of thioether (sulfide) groups is 1. The molecule has 0 aliphatic heterocycles. The van der Waals surface area contributed by atoms with Crippen LogP contribution in [0.1, 0.15) is 6.42 Å². The molecule has 11 heavy (non-hydrogen) atoms. The maximum atomic E-state index is 6.95. The topological polar surface area (TPSA) is 75.7 Å². The van der Waals surface area contributed by atoms with Gasteiger partial charge in [0.15, 0.2) is 4.34 Å². The van der Waals surface area contributed by atoms with Crippen LogP contribution in [0.3, 0.4) is 0 Å². The van der Waals surface area contributed by atoms with E-state index in [0.717, 1.165) is 10.1 Å². The number of aromatic nitrogens is 2. The summed E-state index contributed by atoms with van der Waals surface area (Å²) in [5, 5.41) is 14.5. The predicted octanol–water partition coefficient (Wildman–Crippen LogP) is 0.956. The van der Waals surface area contributed by atoms with Gasteiger partial charge in [0.2, 0.25) is 0 Å². The lowest BCUT2D eigenvalue weighted by atomic mass is 10.5. The van der Waals surface area contributed by atoms with Gasteiger partial charge in [-0.15, -0.1) is 10.2 Å². The molecule has 4 nitrogen and oxygen atoms in total. The maximum absolute atomic E-state index is 6.95. The molecule has 0 fully saturated rings. The van der Waals surface area contributed by atoms with Gasteiger partial charge in [-0.05, 0) is 0 Å². The van der Waals surface area contributed by atoms with Crippen molar-refractivity contribution in [2.24, 2.45) is 5.73 Å². The van der Waals surface area contributed by atoms with Crippen molar-refractivity contribution in [1.82, 2.24) is 10.2 Å². The number of hydrogen-bond acceptors (Lipinski definition) is 5. The van der Waals surface area contributed by atoms with E-state index >= 15 is 0 Å². The summed E-state index contributed by atoms with van der Waals surface area (Å²) in [5.74, 6) is 1.03. The van der Waals surface area contributed by atoms with E-state index in [9.17, 15) is 0 Å². The minimum atomic E-state index is 0.224. The fourth-order valence-electron chi connectivity index (χ4n) is 0.474. The fourth-order valence-corrected chi connectivity index (χ4v) is 2.01. The van der Waals surface area contributed by atoms with Gasteiger partial charge in [-0.2, -0.15) is 0 Å². The third kappa shape index (κ3) is 3.33. The monoisotopic (exact) mass is 188 g/mol. The average Bonchev–Trinajstić information content (AvgIpc) is 2.39. The molecule has 0 atom stereocenters. The molecular weight excluding hydrogens is 180 g/mol. The second-order valence-corrected chi connectivity index (χ2v) is 4.00. The van der Waals surface area contributed by atoms with Gasteiger partial charge in [-0.1, -0.05) is 23.1 Å². The molecule has 0 radical (unpaired) electrons. The Labute approximate surface area is 72.7 Å². The van der Waals surface area contributed by atoms with Crippen molar-refractivity contribution in [3.63, 3.8) is 0 Å². The van der Waals surface area contributed by atoms with E-state index in [1.54, 1.807) is 17.3 Å². The van der Waals surface area contributed by atoms with Crippen molar-refractivity contribution in [2.45, 2.75) is 10.8 Å². The summed E-state index contributed by atoms with van der Waals surface area (Å²) in [6.45, 7) is 0. The summed E-state index contributed by atoms with van der Waals surface area (Å²) in [7, 11) is 0. The molecule has 0 amide bonds. The molecule has 0 unspecified atom stereocenters. The molecule has 0 spiro atoms. The third-order valence-electron chi connectivity index (χ3n) is 0.937. The van der Waals surface area contributed by atoms with Gasteiger partial charge in [0.05, 0.1) is 5.84 Å². The SMILES string of the molecule is N=C(N)CCSc1nncs1. The molecule has 1 heterocycles. The fraction of sp³-hybridized carbons (Fsp3) is 0.400. The van der Waals surface area contributed by atoms with Crippen molar-refractivity contribution in [2.75, 3.05) is 5.75 Å². The highest BCUT2D eigenvalue weighted by atomic mass is 32.2. The zero-order chi connectivity index (χ0) is 8.10. The second kappa shape index (κ2) is 4.30. The van der Waals surface area contributed by atoms with Crippen molar-refractivity contribution < 1.29 is 0 Å². The molecule has 60 valence electrons. The van der Waals surface area contributed by atoms with Crippen molar-refractivity contribution in [1.29, 1.82) is 5.41 Å². The predicted molar refractivity (Wildman–Crippen MR) is 47.2 cm³/mol. The maximum Gasteiger partial charge on any atom is 0.174 e. The molecule has 3 N–H and O–H groups in total. The van der Waals surface area contributed by atoms with Crippen LogP contribution in [0.25, 0.3) is 0 Å². The Balaban J connectivity index is 2.19. The normalized spacial score (nSPS) is 9.82. The number of hydrogen-bond donors (Lipinski definition) is 2. The third-order valence-corrected chi connectivity index (χ3v) is 2.80. The van der Waals surface area contributed by atoms with Gasteiger partial charge < -0.3 is 5.73 Å². The van der Waals surface area contributed by atoms with E-state index in [1.807, 2.05) is 0 Å². The highest BCUT2D eigenvalue weighted by Gasteiger charge is 1.97. The Morgan fingerprint density at radius 3 is 3.18 bits per heavy atom. The molecule has 1 aromatic heterocycles. The largest absolute Gasteiger partial charge is 0.388 e. The Morgan fingerprint density at radius 1 is 1.82 bits per heavy atom. The van der Waals surface area contributed by atoms with Gasteiger partial charge in [0.1, 0.15) is 5.51 Å². The van der Waals surface area contributed by atoms with Gasteiger partial charge in [0, 0.05) is 12.2 Å². The van der Waals surface area contributed by atoms with Gasteiger partial charge in [0.25, 0.3) is 0 Å². The molecule has 1 aromatic rings. The minimum absolute atomic E-state index is 0.224. The van der Waals surface area contributed by atoms with Crippen LogP contribution in [0.5, 0.6) is 0 Å². The van der Waals surface area contributed by atoms with Crippen molar-refractivity contribution in [3.8, 4) is 0 Å². The van der Waals surface area contributed by atoms with Gasteiger partial charge in [-0.3, -0.25) is 5.41 Å². The summed E-state index contributed by atoms with van der Waals surface area (Å²) < 4.78 is 0.936. The smallest absolute Gasteiger partial charge is 0.174 e. The summed E-state index contributed by atoms with van der Waals surface area (Å²) in [4.78, 5) is 0. The number of nitrogens with two attached hydrogens (primary N) is 1. The molecule has 6 heteroatoms. The quantitative estimate of drug-likeness (QED) is 0.419. The van der Waals surface area contributed by atoms with E-state index < -0.39 is 0 Å². The summed E-state index contributed by atoms with van der Waals surface area (Å²) in [5.41, 5.74) is 6.86. The highest BCUT2D eigenvalue weighted by Crippen LogP contribution is 2.18. The first kappa shape index (κ1) is 8.48. The Kier molecular flexibility index (Phi) is 3.31. The number of nitrogens with zero attached hydrogens (tertiary/aromatic N) is 2. The molecular formula is C5H8N4S2. The van der Waals surface area contributed by atoms with E-state index in [0.29, 0.717) is 6.42 Å². The molecule has 0 aromatic carbocycles. The van der Waals surface area contributed by atoms with Crippen LogP contribution >= 0.6 is 23.1 Å². The van der Waals surface area contributed by atoms with Crippen LogP contribution in [0.4, 0.5) is 0 Å². The van der Waals surface area contributed by atoms with Crippen molar-refractivity contribution >= 4 is 28.9 Å². The Hall–Kier alpha value is -0.620. The van der Waals surface area contributed by atoms with Crippen molar-refractivity contribution in [3.05, 3.63) is 5.51 Å². The van der Waals surface area contributed by atoms with E-state index in [1.165, 1.54) is 11.3 Å².